The van der Waals surface area contributed by atoms with Crippen molar-refractivity contribution < 1.29 is 43.2 Å². The number of rotatable bonds is 11. The van der Waals surface area contributed by atoms with Crippen LogP contribution in [0.5, 0.6) is 0 Å². The summed E-state index contributed by atoms with van der Waals surface area (Å²) in [6, 6.07) is 0. The van der Waals surface area contributed by atoms with Crippen LogP contribution in [0.15, 0.2) is 37.5 Å². The van der Waals surface area contributed by atoms with Crippen molar-refractivity contribution in [2.75, 3.05) is 34.0 Å². The molecule has 0 saturated heterocycles. The smallest absolute Gasteiger partial charge is 0.356 e. The third-order valence-electron chi connectivity index (χ3n) is 2.69. The summed E-state index contributed by atoms with van der Waals surface area (Å²) in [5.41, 5.74) is 0.350. The van der Waals surface area contributed by atoms with Crippen molar-refractivity contribution in [1.29, 1.82) is 0 Å². The van der Waals surface area contributed by atoms with Gasteiger partial charge in [0.1, 0.15) is 6.61 Å². The fraction of sp³-hybridized carbons (Fsp3) is 0.500. The van der Waals surface area contributed by atoms with Crippen LogP contribution >= 0.6 is 0 Å². The van der Waals surface area contributed by atoms with Crippen LogP contribution in [0.2, 0.25) is 0 Å². The van der Waals surface area contributed by atoms with E-state index in [1.54, 1.807) is 6.92 Å². The third kappa shape index (κ3) is 21.3. The predicted molar refractivity (Wildman–Crippen MR) is 110 cm³/mol. The highest BCUT2D eigenvalue weighted by molar-refractivity contribution is 5.90. The van der Waals surface area contributed by atoms with Crippen molar-refractivity contribution in [1.82, 2.24) is 5.32 Å². The Balaban J connectivity index is -0.000000371. The van der Waals surface area contributed by atoms with Crippen LogP contribution in [0.3, 0.4) is 0 Å². The number of aliphatic hydroxyl groups excluding tert-OH is 1. The summed E-state index contributed by atoms with van der Waals surface area (Å²) in [7, 11) is 2.49. The Morgan fingerprint density at radius 2 is 1.67 bits per heavy atom. The van der Waals surface area contributed by atoms with Gasteiger partial charge in [-0.15, -0.1) is 0 Å². The van der Waals surface area contributed by atoms with Gasteiger partial charge >= 0.3 is 17.9 Å². The second-order valence-corrected chi connectivity index (χ2v) is 5.22. The molecule has 0 heterocycles. The fourth-order valence-corrected chi connectivity index (χ4v) is 1.15. The maximum Gasteiger partial charge on any atom is 0.356 e. The number of esters is 3. The summed E-state index contributed by atoms with van der Waals surface area (Å²) in [6.07, 6.45) is 3.12. The topological polar surface area (TPSA) is 137 Å². The van der Waals surface area contributed by atoms with E-state index < -0.39 is 24.1 Å². The Morgan fingerprint density at radius 3 is 2.03 bits per heavy atom. The molecule has 0 aliphatic heterocycles. The third-order valence-corrected chi connectivity index (χ3v) is 2.69. The summed E-state index contributed by atoms with van der Waals surface area (Å²) >= 11 is 0. The lowest BCUT2D eigenvalue weighted by Gasteiger charge is -2.12. The Bertz CT molecular complexity index is 556. The zero-order valence-electron chi connectivity index (χ0n) is 18.1. The average Bonchev–Trinajstić information content (AvgIpc) is 2.75. The first-order chi connectivity index (χ1) is 14.1. The van der Waals surface area contributed by atoms with Crippen LogP contribution in [0.1, 0.15) is 26.7 Å². The van der Waals surface area contributed by atoms with E-state index in [4.69, 9.17) is 5.11 Å². The van der Waals surface area contributed by atoms with E-state index in [1.807, 2.05) is 6.92 Å². The minimum Gasteiger partial charge on any atom is -0.466 e. The number of hydrogen-bond acceptors (Lipinski definition) is 9. The van der Waals surface area contributed by atoms with E-state index in [2.05, 4.69) is 44.0 Å². The zero-order chi connectivity index (χ0) is 23.9. The molecule has 0 aromatic carbocycles. The van der Waals surface area contributed by atoms with Gasteiger partial charge in [-0.2, -0.15) is 0 Å². The van der Waals surface area contributed by atoms with Crippen LogP contribution in [0.25, 0.3) is 0 Å². The van der Waals surface area contributed by atoms with Crippen molar-refractivity contribution in [3.63, 3.8) is 0 Å². The van der Waals surface area contributed by atoms with E-state index in [0.717, 1.165) is 18.9 Å². The first kappa shape index (κ1) is 31.7. The second kappa shape index (κ2) is 22.3. The van der Waals surface area contributed by atoms with Crippen molar-refractivity contribution in [3.05, 3.63) is 37.5 Å². The van der Waals surface area contributed by atoms with Gasteiger partial charge in [0.05, 0.1) is 20.3 Å². The number of amides is 1. The number of carbonyl (C=O) groups excluding carboxylic acids is 4. The Kier molecular flexibility index (Phi) is 23.6. The number of unbranched alkanes of at least 4 members (excludes halogenated alkanes) is 1. The molecule has 0 bridgehead atoms. The standard InChI is InChI=1S/C7H11NO4.C7H12O2.C6H10O3/c1-4-5(9)8-6(11-2)7(10)12-3;1-3-5-6-9-7(8)4-2;1-5(2)6(8)9-4-3-7/h4,6H,1H2,2-3H3,(H,8,9);4H,2-3,5-6H2,1H3;7H,1,3-4H2,2H3. The molecule has 1 atom stereocenters. The lowest BCUT2D eigenvalue weighted by Crippen LogP contribution is -2.41. The molecule has 0 fully saturated rings. The van der Waals surface area contributed by atoms with Crippen LogP contribution < -0.4 is 5.32 Å². The monoisotopic (exact) mass is 431 g/mol. The van der Waals surface area contributed by atoms with Gasteiger partial charge in [-0.05, 0) is 19.4 Å². The maximum absolute atomic E-state index is 10.8. The number of hydrogen-bond donors (Lipinski definition) is 2. The molecule has 0 aliphatic rings. The molecule has 172 valence electrons. The highest BCUT2D eigenvalue weighted by Crippen LogP contribution is 1.90. The molecule has 30 heavy (non-hydrogen) atoms. The van der Waals surface area contributed by atoms with Crippen LogP contribution in [-0.4, -0.2) is 69.2 Å². The first-order valence-electron chi connectivity index (χ1n) is 8.91. The summed E-state index contributed by atoms with van der Waals surface area (Å²) in [6.45, 7) is 13.9. The number of ether oxygens (including phenoxy) is 4. The predicted octanol–water partition coefficient (Wildman–Crippen LogP) is 1.05. The van der Waals surface area contributed by atoms with E-state index in [-0.39, 0.29) is 19.2 Å². The fourth-order valence-electron chi connectivity index (χ4n) is 1.15. The quantitative estimate of drug-likeness (QED) is 0.162. The Morgan fingerprint density at radius 1 is 1.07 bits per heavy atom. The normalized spacial score (nSPS) is 9.77. The van der Waals surface area contributed by atoms with Gasteiger partial charge in [-0.1, -0.05) is 33.1 Å². The largest absolute Gasteiger partial charge is 0.466 e. The lowest BCUT2D eigenvalue weighted by atomic mass is 10.4. The molecule has 0 saturated carbocycles. The van der Waals surface area contributed by atoms with Crippen molar-refractivity contribution in [3.8, 4) is 0 Å². The first-order valence-corrected chi connectivity index (χ1v) is 8.91. The van der Waals surface area contributed by atoms with Crippen molar-refractivity contribution >= 4 is 23.8 Å². The van der Waals surface area contributed by atoms with E-state index in [0.29, 0.717) is 12.2 Å². The number of nitrogens with one attached hydrogen (secondary N) is 1. The van der Waals surface area contributed by atoms with Gasteiger partial charge in [-0.25, -0.2) is 14.4 Å². The zero-order valence-corrected chi connectivity index (χ0v) is 18.1. The molecule has 0 aliphatic carbocycles. The van der Waals surface area contributed by atoms with Gasteiger partial charge in [0.2, 0.25) is 12.1 Å². The number of carbonyl (C=O) groups is 4. The minimum absolute atomic E-state index is 0.0473. The molecule has 10 heteroatoms. The highest BCUT2D eigenvalue weighted by Gasteiger charge is 2.18. The summed E-state index contributed by atoms with van der Waals surface area (Å²) < 4.78 is 18.1. The van der Waals surface area contributed by atoms with Crippen LogP contribution in [0.4, 0.5) is 0 Å². The van der Waals surface area contributed by atoms with E-state index >= 15 is 0 Å². The molecule has 0 aromatic rings. The van der Waals surface area contributed by atoms with E-state index in [9.17, 15) is 19.2 Å². The van der Waals surface area contributed by atoms with Gasteiger partial charge in [0, 0.05) is 18.8 Å². The number of methoxy groups -OCH3 is 2. The number of aliphatic hydroxyl groups is 1. The van der Waals surface area contributed by atoms with Crippen molar-refractivity contribution in [2.24, 2.45) is 0 Å². The van der Waals surface area contributed by atoms with Gasteiger partial charge < -0.3 is 29.4 Å². The Hall–Kier alpha value is -2.98. The van der Waals surface area contributed by atoms with Gasteiger partial charge in [0.15, 0.2) is 0 Å². The molecular weight excluding hydrogens is 398 g/mol. The Labute approximate surface area is 177 Å². The lowest BCUT2D eigenvalue weighted by molar-refractivity contribution is -0.156. The molecule has 10 nitrogen and oxygen atoms in total. The highest BCUT2D eigenvalue weighted by atomic mass is 16.6. The summed E-state index contributed by atoms with van der Waals surface area (Å²) in [5.74, 6) is -1.94. The molecule has 0 spiro atoms. The van der Waals surface area contributed by atoms with Gasteiger partial charge in [0.25, 0.3) is 0 Å². The second-order valence-electron chi connectivity index (χ2n) is 5.22. The van der Waals surface area contributed by atoms with Crippen LogP contribution in [-0.2, 0) is 38.1 Å². The molecule has 2 N–H and O–H groups in total. The average molecular weight is 431 g/mol. The molecule has 0 radical (unpaired) electrons. The molecule has 1 unspecified atom stereocenters. The summed E-state index contributed by atoms with van der Waals surface area (Å²) in [4.78, 5) is 42.3. The summed E-state index contributed by atoms with van der Waals surface area (Å²) in [5, 5.41) is 10.4. The van der Waals surface area contributed by atoms with E-state index in [1.165, 1.54) is 20.3 Å². The van der Waals surface area contributed by atoms with Crippen LogP contribution in [0, 0.1) is 0 Å². The molecule has 0 aromatic heterocycles. The SMILES string of the molecule is C=C(C)C(=O)OCCO.C=CC(=O)NC(OC)C(=O)OC.C=CC(=O)OCCCC. The molecule has 1 amide bonds. The minimum atomic E-state index is -1.07. The molecular formula is C20H33NO9. The molecule has 0 rings (SSSR count). The maximum atomic E-state index is 10.8. The van der Waals surface area contributed by atoms with Crippen molar-refractivity contribution in [2.45, 2.75) is 32.9 Å². The van der Waals surface area contributed by atoms with Gasteiger partial charge in [-0.3, -0.25) is 4.79 Å².